The summed E-state index contributed by atoms with van der Waals surface area (Å²) in [5.74, 6) is 0.577. The number of furan rings is 1. The molecule has 1 aliphatic rings. The highest BCUT2D eigenvalue weighted by molar-refractivity contribution is 5.92. The van der Waals surface area contributed by atoms with Crippen molar-refractivity contribution < 1.29 is 13.9 Å². The Morgan fingerprint density at radius 2 is 2.36 bits per heavy atom. The van der Waals surface area contributed by atoms with Gasteiger partial charge in [0.1, 0.15) is 17.9 Å². The topological polar surface area (TPSA) is 73.4 Å². The van der Waals surface area contributed by atoms with Gasteiger partial charge in [-0.2, -0.15) is 0 Å². The molecular weight excluding hydrogens is 320 g/mol. The second-order valence-electron chi connectivity index (χ2n) is 6.37. The van der Waals surface area contributed by atoms with Gasteiger partial charge in [-0.05, 0) is 37.6 Å². The zero-order chi connectivity index (χ0) is 17.2. The molecule has 1 saturated heterocycles. The Kier molecular flexibility index (Phi) is 4.23. The Morgan fingerprint density at radius 1 is 1.44 bits per heavy atom. The molecule has 1 aliphatic heterocycles. The van der Waals surface area contributed by atoms with E-state index in [1.54, 1.807) is 24.9 Å². The number of likely N-dealkylation sites (tertiary alicyclic amines) is 1. The third-order valence-electron chi connectivity index (χ3n) is 4.63. The van der Waals surface area contributed by atoms with E-state index in [1.165, 1.54) is 0 Å². The van der Waals surface area contributed by atoms with Crippen molar-refractivity contribution in [1.29, 1.82) is 0 Å². The van der Waals surface area contributed by atoms with E-state index in [0.717, 1.165) is 37.3 Å². The molecule has 0 bridgehead atoms. The first-order chi connectivity index (χ1) is 12.2. The van der Waals surface area contributed by atoms with Crippen molar-refractivity contribution in [2.75, 3.05) is 13.2 Å². The first-order valence-corrected chi connectivity index (χ1v) is 8.41. The summed E-state index contributed by atoms with van der Waals surface area (Å²) in [7, 11) is 1.87. The molecule has 25 heavy (non-hydrogen) atoms. The van der Waals surface area contributed by atoms with Gasteiger partial charge >= 0.3 is 5.97 Å². The molecule has 3 aromatic heterocycles. The minimum absolute atomic E-state index is 0.223. The largest absolute Gasteiger partial charge is 0.468 e. The van der Waals surface area contributed by atoms with Gasteiger partial charge < -0.3 is 13.7 Å². The Morgan fingerprint density at radius 3 is 3.20 bits per heavy atom. The van der Waals surface area contributed by atoms with Crippen molar-refractivity contribution in [2.24, 2.45) is 7.05 Å². The lowest BCUT2D eigenvalue weighted by Gasteiger charge is -2.23. The molecule has 4 rings (SSSR count). The predicted molar refractivity (Wildman–Crippen MR) is 90.9 cm³/mol. The molecule has 7 nitrogen and oxygen atoms in total. The summed E-state index contributed by atoms with van der Waals surface area (Å²) in [6, 6.07) is 5.80. The molecular formula is C18H20N4O3. The maximum Gasteiger partial charge on any atom is 0.339 e. The van der Waals surface area contributed by atoms with E-state index >= 15 is 0 Å². The van der Waals surface area contributed by atoms with Gasteiger partial charge in [0.05, 0.1) is 24.7 Å². The van der Waals surface area contributed by atoms with E-state index in [9.17, 15) is 4.79 Å². The average molecular weight is 340 g/mol. The average Bonchev–Trinajstić information content (AvgIpc) is 3.36. The summed E-state index contributed by atoms with van der Waals surface area (Å²) in [5.41, 5.74) is 1.87. The minimum atomic E-state index is -0.357. The van der Waals surface area contributed by atoms with E-state index in [-0.39, 0.29) is 12.0 Å². The van der Waals surface area contributed by atoms with Gasteiger partial charge in [-0.25, -0.2) is 14.8 Å². The molecule has 7 heteroatoms. The number of pyridine rings is 1. The standard InChI is InChI=1S/C18H20N4O3/c1-21-12-20-16-8-13(9-19-17(16)21)18(23)25-11-14-4-2-6-22(14)10-15-5-3-7-24-15/h3,5,7-9,12,14H,2,4,6,10-11H2,1H3/t14-/m0/s1. The first-order valence-electron chi connectivity index (χ1n) is 8.41. The van der Waals surface area contributed by atoms with E-state index in [1.807, 2.05) is 23.7 Å². The molecule has 0 amide bonds. The number of hydrogen-bond acceptors (Lipinski definition) is 6. The van der Waals surface area contributed by atoms with Crippen molar-refractivity contribution in [1.82, 2.24) is 19.4 Å². The summed E-state index contributed by atoms with van der Waals surface area (Å²) in [6.45, 7) is 2.11. The number of nitrogens with zero attached hydrogens (tertiary/aromatic N) is 4. The Balaban J connectivity index is 1.38. The molecule has 130 valence electrons. The second kappa shape index (κ2) is 6.68. The first kappa shape index (κ1) is 15.8. The minimum Gasteiger partial charge on any atom is -0.468 e. The zero-order valence-electron chi connectivity index (χ0n) is 14.1. The van der Waals surface area contributed by atoms with E-state index < -0.39 is 0 Å². The number of fused-ring (bicyclic) bond motifs is 1. The number of imidazole rings is 1. The molecule has 0 aliphatic carbocycles. The quantitative estimate of drug-likeness (QED) is 0.664. The lowest BCUT2D eigenvalue weighted by molar-refractivity contribution is 0.0385. The van der Waals surface area contributed by atoms with Crippen LogP contribution in [-0.2, 0) is 18.3 Å². The van der Waals surface area contributed by atoms with Crippen LogP contribution in [0.3, 0.4) is 0 Å². The van der Waals surface area contributed by atoms with Gasteiger partial charge in [0.15, 0.2) is 5.65 Å². The maximum atomic E-state index is 12.3. The fourth-order valence-corrected chi connectivity index (χ4v) is 3.28. The van der Waals surface area contributed by atoms with Crippen LogP contribution in [0.1, 0.15) is 29.0 Å². The molecule has 0 radical (unpaired) electrons. The third kappa shape index (κ3) is 3.28. The van der Waals surface area contributed by atoms with Crippen molar-refractivity contribution >= 4 is 17.1 Å². The molecule has 1 fully saturated rings. The summed E-state index contributed by atoms with van der Waals surface area (Å²) < 4.78 is 12.8. The lowest BCUT2D eigenvalue weighted by Crippen LogP contribution is -2.33. The smallest absolute Gasteiger partial charge is 0.339 e. The molecule has 1 atom stereocenters. The Labute approximate surface area is 145 Å². The monoisotopic (exact) mass is 340 g/mol. The van der Waals surface area contributed by atoms with Gasteiger partial charge in [-0.15, -0.1) is 0 Å². The highest BCUT2D eigenvalue weighted by Gasteiger charge is 2.26. The van der Waals surface area contributed by atoms with Crippen LogP contribution < -0.4 is 0 Å². The van der Waals surface area contributed by atoms with E-state index in [2.05, 4.69) is 14.9 Å². The fourth-order valence-electron chi connectivity index (χ4n) is 3.28. The summed E-state index contributed by atoms with van der Waals surface area (Å²) in [6.07, 6.45) is 7.02. The summed E-state index contributed by atoms with van der Waals surface area (Å²) in [4.78, 5) is 23.1. The molecule has 3 aromatic rings. The van der Waals surface area contributed by atoms with Crippen molar-refractivity contribution in [3.8, 4) is 0 Å². The number of carbonyl (C=O) groups excluding carboxylic acids is 1. The van der Waals surface area contributed by atoms with Gasteiger partial charge in [-0.1, -0.05) is 0 Å². The highest BCUT2D eigenvalue weighted by Crippen LogP contribution is 2.21. The normalized spacial score (nSPS) is 18.0. The van der Waals surface area contributed by atoms with E-state index in [0.29, 0.717) is 17.7 Å². The van der Waals surface area contributed by atoms with Crippen molar-refractivity contribution in [3.63, 3.8) is 0 Å². The predicted octanol–water partition coefficient (Wildman–Crippen LogP) is 2.38. The lowest BCUT2D eigenvalue weighted by atomic mass is 10.2. The van der Waals surface area contributed by atoms with Crippen molar-refractivity contribution in [3.05, 3.63) is 48.3 Å². The van der Waals surface area contributed by atoms with Crippen LogP contribution in [0.2, 0.25) is 0 Å². The van der Waals surface area contributed by atoms with Crippen LogP contribution in [0, 0.1) is 0 Å². The van der Waals surface area contributed by atoms with Crippen molar-refractivity contribution in [2.45, 2.75) is 25.4 Å². The van der Waals surface area contributed by atoms with E-state index in [4.69, 9.17) is 9.15 Å². The van der Waals surface area contributed by atoms with Gasteiger partial charge in [0.25, 0.3) is 0 Å². The summed E-state index contributed by atoms with van der Waals surface area (Å²) >= 11 is 0. The summed E-state index contributed by atoms with van der Waals surface area (Å²) in [5, 5.41) is 0. The van der Waals surface area contributed by atoms with Crippen LogP contribution in [-0.4, -0.2) is 44.6 Å². The number of aryl methyl sites for hydroxylation is 1. The van der Waals surface area contributed by atoms with Crippen LogP contribution in [0.5, 0.6) is 0 Å². The SMILES string of the molecule is Cn1cnc2cc(C(=O)OC[C@@H]3CCCN3Cc3ccco3)cnc21. The van der Waals surface area contributed by atoms with Crippen LogP contribution in [0.25, 0.3) is 11.2 Å². The number of esters is 1. The zero-order valence-corrected chi connectivity index (χ0v) is 14.1. The highest BCUT2D eigenvalue weighted by atomic mass is 16.5. The number of hydrogen-bond donors (Lipinski definition) is 0. The third-order valence-corrected chi connectivity index (χ3v) is 4.63. The number of ether oxygens (including phenoxy) is 1. The fraction of sp³-hybridized carbons (Fsp3) is 0.389. The van der Waals surface area contributed by atoms with Gasteiger partial charge in [0.2, 0.25) is 0 Å². The Hall–Kier alpha value is -2.67. The van der Waals surface area contributed by atoms with Crippen LogP contribution in [0.4, 0.5) is 0 Å². The number of rotatable bonds is 5. The van der Waals surface area contributed by atoms with Crippen LogP contribution in [0.15, 0.2) is 41.4 Å². The molecule has 0 spiro atoms. The van der Waals surface area contributed by atoms with Crippen LogP contribution >= 0.6 is 0 Å². The second-order valence-corrected chi connectivity index (χ2v) is 6.37. The number of carbonyl (C=O) groups is 1. The molecule has 0 aromatic carbocycles. The molecule has 0 unspecified atom stereocenters. The maximum absolute atomic E-state index is 12.3. The Bertz CT molecular complexity index is 872. The molecule has 0 saturated carbocycles. The van der Waals surface area contributed by atoms with Gasteiger partial charge in [0, 0.05) is 19.3 Å². The van der Waals surface area contributed by atoms with Gasteiger partial charge in [-0.3, -0.25) is 4.90 Å². The molecule has 4 heterocycles. The molecule has 0 N–H and O–H groups in total. The number of aromatic nitrogens is 3.